The second-order valence-electron chi connectivity index (χ2n) is 7.68. The fourth-order valence-electron chi connectivity index (χ4n) is 4.25. The van der Waals surface area contributed by atoms with E-state index < -0.39 is 0 Å². The van der Waals surface area contributed by atoms with Gasteiger partial charge in [0.1, 0.15) is 0 Å². The number of likely N-dealkylation sites (tertiary alicyclic amines) is 1. The van der Waals surface area contributed by atoms with E-state index in [0.29, 0.717) is 12.5 Å². The molecule has 2 fully saturated rings. The predicted molar refractivity (Wildman–Crippen MR) is 87.2 cm³/mol. The van der Waals surface area contributed by atoms with Gasteiger partial charge < -0.3 is 14.5 Å². The third-order valence-electron chi connectivity index (χ3n) is 5.61. The molecule has 0 radical (unpaired) electrons. The molecule has 8 nitrogen and oxygen atoms in total. The number of hydrogen-bond acceptors (Lipinski definition) is 6. The quantitative estimate of drug-likeness (QED) is 0.798. The Kier molecular flexibility index (Phi) is 3.42. The Morgan fingerprint density at radius 1 is 1.38 bits per heavy atom. The maximum absolute atomic E-state index is 13.2. The number of rotatable bonds is 2. The zero-order valence-corrected chi connectivity index (χ0v) is 14.7. The summed E-state index contributed by atoms with van der Waals surface area (Å²) in [5.74, 6) is 0.754. The molecule has 0 saturated carbocycles. The van der Waals surface area contributed by atoms with E-state index in [2.05, 4.69) is 29.4 Å². The van der Waals surface area contributed by atoms with E-state index in [4.69, 9.17) is 4.74 Å². The van der Waals surface area contributed by atoms with Gasteiger partial charge >= 0.3 is 0 Å². The van der Waals surface area contributed by atoms with Crippen LogP contribution in [0.5, 0.6) is 0 Å². The van der Waals surface area contributed by atoms with E-state index in [9.17, 15) is 4.79 Å². The molecule has 130 valence electrons. The summed E-state index contributed by atoms with van der Waals surface area (Å²) in [6.45, 7) is 8.38. The fraction of sp³-hybridized carbons (Fsp3) is 0.750. The number of hydrogen-bond donors (Lipinski definition) is 0. The van der Waals surface area contributed by atoms with Gasteiger partial charge in [-0.25, -0.2) is 4.68 Å². The van der Waals surface area contributed by atoms with Gasteiger partial charge in [0.05, 0.1) is 24.3 Å². The van der Waals surface area contributed by atoms with Crippen molar-refractivity contribution >= 4 is 11.9 Å². The van der Waals surface area contributed by atoms with Gasteiger partial charge in [0, 0.05) is 31.3 Å². The van der Waals surface area contributed by atoms with E-state index in [1.54, 1.807) is 4.68 Å². The summed E-state index contributed by atoms with van der Waals surface area (Å²) in [6.07, 6.45) is 2.27. The number of nitrogens with zero attached hydrogens (tertiary/aromatic N) is 6. The minimum atomic E-state index is 0.0836. The van der Waals surface area contributed by atoms with E-state index in [1.165, 1.54) is 0 Å². The van der Waals surface area contributed by atoms with Crippen molar-refractivity contribution in [3.63, 3.8) is 0 Å². The van der Waals surface area contributed by atoms with Crippen LogP contribution in [0.3, 0.4) is 0 Å². The van der Waals surface area contributed by atoms with E-state index >= 15 is 0 Å². The molecule has 0 aliphatic carbocycles. The number of tetrazole rings is 1. The molecule has 0 N–H and O–H groups in total. The van der Waals surface area contributed by atoms with Crippen LogP contribution < -0.4 is 4.90 Å². The predicted octanol–water partition coefficient (Wildman–Crippen LogP) is 0.813. The number of carbonyl (C=O) groups is 1. The van der Waals surface area contributed by atoms with Gasteiger partial charge in [-0.1, -0.05) is 18.9 Å². The van der Waals surface area contributed by atoms with Crippen molar-refractivity contribution < 1.29 is 9.53 Å². The summed E-state index contributed by atoms with van der Waals surface area (Å²) in [4.78, 5) is 17.1. The lowest BCUT2D eigenvalue weighted by atomic mass is 9.71. The first kappa shape index (κ1) is 15.6. The minimum absolute atomic E-state index is 0.0836. The van der Waals surface area contributed by atoms with E-state index in [-0.39, 0.29) is 23.5 Å². The van der Waals surface area contributed by atoms with Gasteiger partial charge in [0.25, 0.3) is 5.91 Å². The van der Waals surface area contributed by atoms with Gasteiger partial charge in [-0.2, -0.15) is 0 Å². The summed E-state index contributed by atoms with van der Waals surface area (Å²) < 4.78 is 7.57. The molecule has 3 aliphatic rings. The Hall–Kier alpha value is -1.96. The van der Waals surface area contributed by atoms with Gasteiger partial charge in [0.2, 0.25) is 5.95 Å². The van der Waals surface area contributed by atoms with Crippen molar-refractivity contribution in [2.45, 2.75) is 52.3 Å². The monoisotopic (exact) mass is 332 g/mol. The number of carbonyl (C=O) groups excluding carboxylic acids is 1. The van der Waals surface area contributed by atoms with Crippen LogP contribution in [0.1, 0.15) is 33.6 Å². The summed E-state index contributed by atoms with van der Waals surface area (Å²) in [6, 6.07) is 0.147. The zero-order chi connectivity index (χ0) is 17.1. The largest absolute Gasteiger partial charge is 0.376 e. The first-order valence-electron chi connectivity index (χ1n) is 8.52. The van der Waals surface area contributed by atoms with Crippen LogP contribution in [0.2, 0.25) is 0 Å². The maximum atomic E-state index is 13.2. The van der Waals surface area contributed by atoms with Crippen LogP contribution in [0, 0.1) is 5.41 Å². The smallest absolute Gasteiger partial charge is 0.253 e. The molecule has 3 aliphatic heterocycles. The lowest BCUT2D eigenvalue weighted by Crippen LogP contribution is -2.68. The number of fused-ring (bicyclic) bond motifs is 1. The van der Waals surface area contributed by atoms with Gasteiger partial charge in [0.15, 0.2) is 0 Å². The maximum Gasteiger partial charge on any atom is 0.253 e. The first-order chi connectivity index (χ1) is 11.4. The summed E-state index contributed by atoms with van der Waals surface area (Å²) in [7, 11) is 1.89. The Labute approximate surface area is 141 Å². The third kappa shape index (κ3) is 2.16. The van der Waals surface area contributed by atoms with Gasteiger partial charge in [-0.3, -0.25) is 4.79 Å². The number of aromatic nitrogens is 4. The Balaban J connectivity index is 1.60. The SMILES string of the molecule is CC1=C(C(=O)N2CC(C)(C)C2C2CCCO2)Cn2nnnc2N1C. The van der Waals surface area contributed by atoms with Crippen LogP contribution in [-0.4, -0.2) is 63.4 Å². The molecule has 4 rings (SSSR count). The number of amides is 1. The molecule has 2 saturated heterocycles. The zero-order valence-electron chi connectivity index (χ0n) is 14.7. The van der Waals surface area contributed by atoms with E-state index in [0.717, 1.165) is 37.3 Å². The van der Waals surface area contributed by atoms with Crippen molar-refractivity contribution in [2.75, 3.05) is 25.1 Å². The summed E-state index contributed by atoms with van der Waals surface area (Å²) in [5, 5.41) is 11.7. The Morgan fingerprint density at radius 2 is 2.17 bits per heavy atom. The van der Waals surface area contributed by atoms with Crippen LogP contribution >= 0.6 is 0 Å². The lowest BCUT2D eigenvalue weighted by Gasteiger charge is -2.56. The molecule has 8 heteroatoms. The lowest BCUT2D eigenvalue weighted by molar-refractivity contribution is -0.160. The number of anilines is 1. The first-order valence-corrected chi connectivity index (χ1v) is 8.52. The fourth-order valence-corrected chi connectivity index (χ4v) is 4.25. The molecule has 0 spiro atoms. The van der Waals surface area contributed by atoms with Crippen molar-refractivity contribution in [3.8, 4) is 0 Å². The molecular weight excluding hydrogens is 308 g/mol. The molecule has 4 heterocycles. The van der Waals surface area contributed by atoms with Crippen molar-refractivity contribution in [1.82, 2.24) is 25.1 Å². The average molecular weight is 332 g/mol. The second-order valence-corrected chi connectivity index (χ2v) is 7.68. The van der Waals surface area contributed by atoms with Crippen molar-refractivity contribution in [3.05, 3.63) is 11.3 Å². The molecule has 1 aromatic heterocycles. The average Bonchev–Trinajstić information content (AvgIpc) is 3.19. The van der Waals surface area contributed by atoms with Crippen LogP contribution in [-0.2, 0) is 16.1 Å². The minimum Gasteiger partial charge on any atom is -0.376 e. The van der Waals surface area contributed by atoms with Gasteiger partial charge in [-0.05, 0) is 30.2 Å². The number of allylic oxidation sites excluding steroid dienone is 1. The molecule has 24 heavy (non-hydrogen) atoms. The molecule has 0 aromatic carbocycles. The topological polar surface area (TPSA) is 76.4 Å². The van der Waals surface area contributed by atoms with Crippen LogP contribution in [0.4, 0.5) is 5.95 Å². The molecular formula is C16H24N6O2. The van der Waals surface area contributed by atoms with Crippen molar-refractivity contribution in [1.29, 1.82) is 0 Å². The van der Waals surface area contributed by atoms with Gasteiger partial charge in [-0.15, -0.1) is 0 Å². The Bertz CT molecular complexity index is 703. The number of ether oxygens (including phenoxy) is 1. The highest BCUT2D eigenvalue weighted by molar-refractivity contribution is 5.96. The molecule has 1 amide bonds. The standard InChI is InChI=1S/C16H24N6O2/c1-10-11(8-22-15(20(10)4)17-18-19-22)14(23)21-9-16(2,3)13(21)12-6-5-7-24-12/h12-13H,5-9H2,1-4H3. The normalized spacial score (nSPS) is 28.8. The second kappa shape index (κ2) is 5.27. The molecule has 1 aromatic rings. The van der Waals surface area contributed by atoms with Crippen LogP contribution in [0.25, 0.3) is 0 Å². The van der Waals surface area contributed by atoms with Crippen LogP contribution in [0.15, 0.2) is 11.3 Å². The summed E-state index contributed by atoms with van der Waals surface area (Å²) >= 11 is 0. The molecule has 2 atom stereocenters. The summed E-state index contributed by atoms with van der Waals surface area (Å²) in [5.41, 5.74) is 1.77. The highest BCUT2D eigenvalue weighted by Crippen LogP contribution is 2.43. The van der Waals surface area contributed by atoms with E-state index in [1.807, 2.05) is 23.8 Å². The molecule has 2 unspecified atom stereocenters. The molecule has 0 bridgehead atoms. The highest BCUT2D eigenvalue weighted by atomic mass is 16.5. The Morgan fingerprint density at radius 3 is 2.83 bits per heavy atom. The third-order valence-corrected chi connectivity index (χ3v) is 5.61. The van der Waals surface area contributed by atoms with Crippen molar-refractivity contribution in [2.24, 2.45) is 5.41 Å². The highest BCUT2D eigenvalue weighted by Gasteiger charge is 2.53.